The maximum absolute atomic E-state index is 10.3. The molecule has 0 amide bonds. The van der Waals surface area contributed by atoms with E-state index < -0.39 is 6.10 Å². The highest BCUT2D eigenvalue weighted by Gasteiger charge is 2.13. The van der Waals surface area contributed by atoms with Gasteiger partial charge in [0.05, 0.1) is 6.10 Å². The molecule has 18 heavy (non-hydrogen) atoms. The van der Waals surface area contributed by atoms with Crippen molar-refractivity contribution in [2.75, 3.05) is 0 Å². The molecule has 96 valence electrons. The summed E-state index contributed by atoms with van der Waals surface area (Å²) in [6, 6.07) is 8.07. The van der Waals surface area contributed by atoms with Crippen LogP contribution in [0.15, 0.2) is 30.5 Å². The van der Waals surface area contributed by atoms with Crippen LogP contribution in [0.5, 0.6) is 0 Å². The largest absolute Gasteiger partial charge is 0.388 e. The van der Waals surface area contributed by atoms with Crippen molar-refractivity contribution in [3.05, 3.63) is 50.9 Å². The van der Waals surface area contributed by atoms with E-state index in [1.54, 1.807) is 6.20 Å². The zero-order chi connectivity index (χ0) is 13.1. The van der Waals surface area contributed by atoms with Crippen LogP contribution in [-0.4, -0.2) is 14.9 Å². The molecule has 0 aliphatic carbocycles. The van der Waals surface area contributed by atoms with Crippen LogP contribution in [0.25, 0.3) is 0 Å². The summed E-state index contributed by atoms with van der Waals surface area (Å²) < 4.78 is 3.01. The normalized spacial score (nSPS) is 12.7. The number of aliphatic hydroxyl groups is 1. The Morgan fingerprint density at radius 1 is 1.39 bits per heavy atom. The number of aromatic nitrogens is 2. The Hall–Kier alpha value is -0.880. The van der Waals surface area contributed by atoms with Crippen molar-refractivity contribution in [3.63, 3.8) is 0 Å². The van der Waals surface area contributed by atoms with Gasteiger partial charge < -0.3 is 5.11 Å². The molecule has 0 fully saturated rings. The molecule has 1 N–H and O–H groups in total. The zero-order valence-electron chi connectivity index (χ0n) is 10.6. The van der Waals surface area contributed by atoms with E-state index in [-0.39, 0.29) is 0 Å². The zero-order valence-corrected chi connectivity index (χ0v) is 12.8. The van der Waals surface area contributed by atoms with Gasteiger partial charge >= 0.3 is 0 Å². The third kappa shape index (κ3) is 2.92. The fourth-order valence-electron chi connectivity index (χ4n) is 2.01. The van der Waals surface area contributed by atoms with Gasteiger partial charge in [0.2, 0.25) is 0 Å². The second-order valence-corrected chi connectivity index (χ2v) is 5.56. The number of nitrogens with zero attached hydrogens (tertiary/aromatic N) is 2. The van der Waals surface area contributed by atoms with E-state index in [0.717, 1.165) is 27.7 Å². The summed E-state index contributed by atoms with van der Waals surface area (Å²) in [5, 5.41) is 14.4. The van der Waals surface area contributed by atoms with Crippen molar-refractivity contribution >= 4 is 22.6 Å². The van der Waals surface area contributed by atoms with Crippen molar-refractivity contribution in [1.82, 2.24) is 9.78 Å². The minimum absolute atomic E-state index is 0.410. The molecule has 0 saturated carbocycles. The molecule has 1 unspecified atom stereocenters. The fourth-order valence-corrected chi connectivity index (χ4v) is 2.73. The van der Waals surface area contributed by atoms with Crippen molar-refractivity contribution in [1.29, 1.82) is 0 Å². The number of benzene rings is 1. The second-order valence-electron chi connectivity index (χ2n) is 4.48. The summed E-state index contributed by atoms with van der Waals surface area (Å²) in [4.78, 5) is 0. The Labute approximate surface area is 121 Å². The highest BCUT2D eigenvalue weighted by molar-refractivity contribution is 14.1. The third-order valence-corrected chi connectivity index (χ3v) is 4.65. The van der Waals surface area contributed by atoms with Gasteiger partial charge in [-0.2, -0.15) is 5.10 Å². The van der Waals surface area contributed by atoms with Gasteiger partial charge in [0, 0.05) is 22.5 Å². The first-order valence-electron chi connectivity index (χ1n) is 5.99. The standard InChI is InChI=1S/C14H17IN2O/c1-10-4-3-5-12(14(10)15)13(18)7-6-11-8-9-16-17(11)2/h3-5,8-9,13,18H,6-7H2,1-2H3. The van der Waals surface area contributed by atoms with Crippen molar-refractivity contribution in [3.8, 4) is 0 Å². The van der Waals surface area contributed by atoms with Crippen molar-refractivity contribution in [2.24, 2.45) is 7.05 Å². The fraction of sp³-hybridized carbons (Fsp3) is 0.357. The summed E-state index contributed by atoms with van der Waals surface area (Å²) in [5.74, 6) is 0. The van der Waals surface area contributed by atoms with E-state index in [9.17, 15) is 5.11 Å². The molecule has 0 bridgehead atoms. The monoisotopic (exact) mass is 356 g/mol. The summed E-state index contributed by atoms with van der Waals surface area (Å²) in [6.07, 6.45) is 2.94. The van der Waals surface area contributed by atoms with Crippen LogP contribution < -0.4 is 0 Å². The lowest BCUT2D eigenvalue weighted by Gasteiger charge is -2.14. The molecule has 3 nitrogen and oxygen atoms in total. The molecule has 0 spiro atoms. The molecule has 2 aromatic rings. The molecule has 2 rings (SSSR count). The van der Waals surface area contributed by atoms with Crippen LogP contribution >= 0.6 is 22.6 Å². The SMILES string of the molecule is Cc1cccc(C(O)CCc2ccnn2C)c1I. The van der Waals surface area contributed by atoms with Gasteiger partial charge in [-0.25, -0.2) is 0 Å². The number of hydrogen-bond donors (Lipinski definition) is 1. The van der Waals surface area contributed by atoms with E-state index in [2.05, 4.69) is 40.7 Å². The van der Waals surface area contributed by atoms with Crippen LogP contribution in [0.1, 0.15) is 29.3 Å². The van der Waals surface area contributed by atoms with Crippen LogP contribution in [-0.2, 0) is 13.5 Å². The first-order chi connectivity index (χ1) is 8.59. The molecular weight excluding hydrogens is 339 g/mol. The molecule has 0 saturated heterocycles. The summed E-state index contributed by atoms with van der Waals surface area (Å²) in [6.45, 7) is 2.07. The summed E-state index contributed by atoms with van der Waals surface area (Å²) in [7, 11) is 1.93. The number of aliphatic hydroxyl groups excluding tert-OH is 1. The van der Waals surface area contributed by atoms with Gasteiger partial charge in [-0.3, -0.25) is 4.68 Å². The summed E-state index contributed by atoms with van der Waals surface area (Å²) >= 11 is 2.30. The number of halogens is 1. The third-order valence-electron chi connectivity index (χ3n) is 3.18. The molecule has 1 aromatic heterocycles. The molecule has 0 aliphatic heterocycles. The van der Waals surface area contributed by atoms with Crippen LogP contribution in [0, 0.1) is 10.5 Å². The van der Waals surface area contributed by atoms with E-state index in [1.807, 2.05) is 29.9 Å². The van der Waals surface area contributed by atoms with Crippen LogP contribution in [0.4, 0.5) is 0 Å². The smallest absolute Gasteiger partial charge is 0.0804 e. The predicted octanol–water partition coefficient (Wildman–Crippen LogP) is 3.00. The maximum atomic E-state index is 10.3. The van der Waals surface area contributed by atoms with Gasteiger partial charge in [-0.05, 0) is 59.5 Å². The molecule has 0 radical (unpaired) electrons. The Morgan fingerprint density at radius 2 is 2.17 bits per heavy atom. The number of aryl methyl sites for hydroxylation is 3. The predicted molar refractivity (Wildman–Crippen MR) is 80.4 cm³/mol. The summed E-state index contributed by atoms with van der Waals surface area (Å²) in [5.41, 5.74) is 3.39. The van der Waals surface area contributed by atoms with Gasteiger partial charge in [-0.1, -0.05) is 18.2 Å². The molecule has 1 heterocycles. The molecule has 0 aliphatic rings. The van der Waals surface area contributed by atoms with E-state index in [1.165, 1.54) is 5.56 Å². The lowest BCUT2D eigenvalue weighted by molar-refractivity contribution is 0.166. The lowest BCUT2D eigenvalue weighted by Crippen LogP contribution is -2.05. The second kappa shape index (κ2) is 5.84. The molecule has 1 aromatic carbocycles. The number of hydrogen-bond acceptors (Lipinski definition) is 2. The maximum Gasteiger partial charge on any atom is 0.0804 e. The molecule has 4 heteroatoms. The molecule has 1 atom stereocenters. The first kappa shape index (κ1) is 13.5. The van der Waals surface area contributed by atoms with Crippen LogP contribution in [0.3, 0.4) is 0 Å². The van der Waals surface area contributed by atoms with E-state index >= 15 is 0 Å². The van der Waals surface area contributed by atoms with Crippen LogP contribution in [0.2, 0.25) is 0 Å². The Morgan fingerprint density at radius 3 is 2.83 bits per heavy atom. The lowest BCUT2D eigenvalue weighted by atomic mass is 10.0. The Balaban J connectivity index is 2.06. The van der Waals surface area contributed by atoms with Gasteiger partial charge in [0.25, 0.3) is 0 Å². The van der Waals surface area contributed by atoms with Gasteiger partial charge in [0.15, 0.2) is 0 Å². The minimum atomic E-state index is -0.410. The van der Waals surface area contributed by atoms with Crippen molar-refractivity contribution < 1.29 is 5.11 Å². The quantitative estimate of drug-likeness (QED) is 0.856. The average Bonchev–Trinajstić information content (AvgIpc) is 2.75. The average molecular weight is 356 g/mol. The Kier molecular flexibility index (Phi) is 4.40. The number of rotatable bonds is 4. The highest BCUT2D eigenvalue weighted by atomic mass is 127. The first-order valence-corrected chi connectivity index (χ1v) is 7.07. The topological polar surface area (TPSA) is 38.1 Å². The van der Waals surface area contributed by atoms with Gasteiger partial charge in [-0.15, -0.1) is 0 Å². The van der Waals surface area contributed by atoms with E-state index in [4.69, 9.17) is 0 Å². The highest BCUT2D eigenvalue weighted by Crippen LogP contribution is 2.26. The Bertz CT molecular complexity index is 536. The minimum Gasteiger partial charge on any atom is -0.388 e. The van der Waals surface area contributed by atoms with Gasteiger partial charge in [0.1, 0.15) is 0 Å². The van der Waals surface area contributed by atoms with E-state index in [0.29, 0.717) is 0 Å². The molecular formula is C14H17IN2O. The van der Waals surface area contributed by atoms with Crippen molar-refractivity contribution in [2.45, 2.75) is 25.9 Å².